The minimum atomic E-state index is -0.199. The molecule has 0 unspecified atom stereocenters. The maximum atomic E-state index is 6.93. The molecule has 1 saturated carbocycles. The van der Waals surface area contributed by atoms with Crippen LogP contribution in [0.1, 0.15) is 127 Å². The highest BCUT2D eigenvalue weighted by atomic mass is 16.5. The molecule has 2 aromatic heterocycles. The van der Waals surface area contributed by atoms with Gasteiger partial charge in [-0.25, -0.2) is 9.98 Å². The predicted octanol–water partition coefficient (Wildman–Crippen LogP) is 11.5. The number of benzene rings is 3. The van der Waals surface area contributed by atoms with E-state index in [-0.39, 0.29) is 21.8 Å². The second-order valence-corrected chi connectivity index (χ2v) is 18.3. The summed E-state index contributed by atoms with van der Waals surface area (Å²) in [5, 5.41) is 2.50. The Bertz CT molecular complexity index is 2230. The topological polar surface area (TPSA) is 48.6 Å². The molecule has 1 atom stereocenters. The Kier molecular flexibility index (Phi) is 7.23. The fraction of sp³-hybridized carbons (Fsp3) is 0.467. The molecule has 1 fully saturated rings. The maximum Gasteiger partial charge on any atom is 0.216 e. The predicted molar refractivity (Wildman–Crippen MR) is 207 cm³/mol. The standard InChI is InChI=1S/C45H53N3O2/c1-26-16-36-40(46-24-26)48-37-23-38(27(2)17-33(37)34-21-31(43(6,7)8)22-35(39(34)48)44(36,9)10)50-32-19-28(18-30(20-32)42(3,4)5)41-47-45(11,25-49-41)29-14-12-13-15-29/h16-24,29H,12-15,25H2,1-11H3/t45-/m0/s1. The first-order chi connectivity index (χ1) is 23.4. The molecule has 50 heavy (non-hydrogen) atoms. The quantitative estimate of drug-likeness (QED) is 0.192. The van der Waals surface area contributed by atoms with Crippen LogP contribution >= 0.6 is 0 Å². The van der Waals surface area contributed by atoms with Gasteiger partial charge in [0, 0.05) is 39.6 Å². The summed E-state index contributed by atoms with van der Waals surface area (Å²) in [7, 11) is 0. The first kappa shape index (κ1) is 33.0. The number of hydrogen-bond donors (Lipinski definition) is 0. The van der Waals surface area contributed by atoms with Crippen molar-refractivity contribution in [1.29, 1.82) is 0 Å². The van der Waals surface area contributed by atoms with E-state index in [0.717, 1.165) is 39.9 Å². The number of aliphatic imine (C=N–C) groups is 1. The minimum absolute atomic E-state index is 0.00999. The average molecular weight is 668 g/mol. The third kappa shape index (κ3) is 5.17. The van der Waals surface area contributed by atoms with Crippen molar-refractivity contribution in [3.05, 3.63) is 93.7 Å². The number of nitrogens with zero attached hydrogens (tertiary/aromatic N) is 3. The van der Waals surface area contributed by atoms with Crippen molar-refractivity contribution in [2.45, 2.75) is 124 Å². The lowest BCUT2D eigenvalue weighted by atomic mass is 9.73. The number of fused-ring (bicyclic) bond motifs is 5. The van der Waals surface area contributed by atoms with E-state index in [4.69, 9.17) is 19.5 Å². The van der Waals surface area contributed by atoms with Gasteiger partial charge in [-0.2, -0.15) is 0 Å². The highest BCUT2D eigenvalue weighted by molar-refractivity contribution is 6.12. The molecule has 0 spiro atoms. The monoisotopic (exact) mass is 667 g/mol. The summed E-state index contributed by atoms with van der Waals surface area (Å²) in [6.07, 6.45) is 7.06. The molecule has 0 N–H and O–H groups in total. The molecule has 5 nitrogen and oxygen atoms in total. The molecule has 5 aromatic rings. The lowest BCUT2D eigenvalue weighted by Crippen LogP contribution is -2.32. The van der Waals surface area contributed by atoms with Crippen molar-refractivity contribution >= 4 is 27.7 Å². The van der Waals surface area contributed by atoms with Gasteiger partial charge in [0.1, 0.15) is 23.9 Å². The summed E-state index contributed by atoms with van der Waals surface area (Å²) < 4.78 is 15.7. The molecule has 260 valence electrons. The molecule has 0 saturated heterocycles. The van der Waals surface area contributed by atoms with Crippen LogP contribution < -0.4 is 4.74 Å². The van der Waals surface area contributed by atoms with Crippen LogP contribution in [0.2, 0.25) is 0 Å². The summed E-state index contributed by atoms with van der Waals surface area (Å²) in [5.41, 5.74) is 10.3. The number of pyridine rings is 1. The normalized spacial score (nSPS) is 20.3. The second-order valence-electron chi connectivity index (χ2n) is 18.3. The van der Waals surface area contributed by atoms with E-state index < -0.39 is 0 Å². The molecule has 2 aliphatic heterocycles. The van der Waals surface area contributed by atoms with E-state index in [0.29, 0.717) is 12.5 Å². The minimum Gasteiger partial charge on any atom is -0.475 e. The van der Waals surface area contributed by atoms with E-state index in [1.165, 1.54) is 69.8 Å². The van der Waals surface area contributed by atoms with Crippen LogP contribution in [0.25, 0.3) is 27.6 Å². The fourth-order valence-corrected chi connectivity index (χ4v) is 8.62. The highest BCUT2D eigenvalue weighted by Crippen LogP contribution is 2.50. The van der Waals surface area contributed by atoms with E-state index >= 15 is 0 Å². The smallest absolute Gasteiger partial charge is 0.216 e. The molecular weight excluding hydrogens is 615 g/mol. The number of aryl methyl sites for hydroxylation is 2. The van der Waals surface area contributed by atoms with Crippen molar-refractivity contribution in [1.82, 2.24) is 9.55 Å². The van der Waals surface area contributed by atoms with Crippen LogP contribution in [0.4, 0.5) is 0 Å². The highest BCUT2D eigenvalue weighted by Gasteiger charge is 2.42. The van der Waals surface area contributed by atoms with Gasteiger partial charge < -0.3 is 9.47 Å². The van der Waals surface area contributed by atoms with Crippen LogP contribution in [0.15, 0.2) is 59.7 Å². The van der Waals surface area contributed by atoms with E-state index in [1.807, 2.05) is 6.20 Å². The van der Waals surface area contributed by atoms with Crippen molar-refractivity contribution < 1.29 is 9.47 Å². The lowest BCUT2D eigenvalue weighted by molar-refractivity contribution is 0.207. The SMILES string of the molecule is Cc1cnc2c(c1)C(C)(C)c1cc(C(C)(C)C)cc3c4cc(C)c(Oc5cc(C6=N[C@](C)(C7CCCC7)CO6)cc(C(C)(C)C)c5)cc4n-2c13. The fourth-order valence-electron chi connectivity index (χ4n) is 8.62. The van der Waals surface area contributed by atoms with Crippen molar-refractivity contribution in [3.63, 3.8) is 0 Å². The van der Waals surface area contributed by atoms with E-state index in [9.17, 15) is 0 Å². The Hall–Kier alpha value is -4.12. The largest absolute Gasteiger partial charge is 0.475 e. The van der Waals surface area contributed by atoms with Crippen LogP contribution in [-0.4, -0.2) is 27.6 Å². The third-order valence-electron chi connectivity index (χ3n) is 11.9. The zero-order valence-electron chi connectivity index (χ0n) is 32.0. The summed E-state index contributed by atoms with van der Waals surface area (Å²) in [6.45, 7) is 25.6. The van der Waals surface area contributed by atoms with Gasteiger partial charge in [0.15, 0.2) is 0 Å². The number of aromatic nitrogens is 2. The molecule has 5 heteroatoms. The summed E-state index contributed by atoms with van der Waals surface area (Å²) >= 11 is 0. The summed E-state index contributed by atoms with van der Waals surface area (Å²) in [4.78, 5) is 10.4. The van der Waals surface area contributed by atoms with Crippen molar-refractivity contribution in [2.24, 2.45) is 10.9 Å². The third-order valence-corrected chi connectivity index (χ3v) is 11.9. The Morgan fingerprint density at radius 2 is 1.50 bits per heavy atom. The van der Waals surface area contributed by atoms with Gasteiger partial charge in [-0.1, -0.05) is 74.3 Å². The Balaban J connectivity index is 1.30. The number of hydrogen-bond acceptors (Lipinski definition) is 4. The van der Waals surface area contributed by atoms with Gasteiger partial charge >= 0.3 is 0 Å². The molecule has 8 rings (SSSR count). The summed E-state index contributed by atoms with van der Waals surface area (Å²) in [6, 6.07) is 18.3. The molecule has 0 amide bonds. The van der Waals surface area contributed by atoms with E-state index in [2.05, 4.69) is 129 Å². The molecule has 3 aromatic carbocycles. The first-order valence-electron chi connectivity index (χ1n) is 18.6. The summed E-state index contributed by atoms with van der Waals surface area (Å²) in [5.74, 6) is 3.98. The zero-order chi connectivity index (χ0) is 35.5. The molecule has 0 bridgehead atoms. The van der Waals surface area contributed by atoms with Crippen LogP contribution in [0.3, 0.4) is 0 Å². The van der Waals surface area contributed by atoms with Crippen molar-refractivity contribution in [3.8, 4) is 17.3 Å². The van der Waals surface area contributed by atoms with Crippen molar-refractivity contribution in [2.75, 3.05) is 6.61 Å². The molecule has 1 aliphatic carbocycles. The van der Waals surface area contributed by atoms with Crippen LogP contribution in [0.5, 0.6) is 11.5 Å². The lowest BCUT2D eigenvalue weighted by Gasteiger charge is -2.35. The van der Waals surface area contributed by atoms with Gasteiger partial charge in [-0.15, -0.1) is 0 Å². The van der Waals surface area contributed by atoms with Gasteiger partial charge in [-0.3, -0.25) is 4.57 Å². The van der Waals surface area contributed by atoms with Crippen LogP contribution in [0, 0.1) is 19.8 Å². The molecule has 0 radical (unpaired) electrons. The Morgan fingerprint density at radius 3 is 2.20 bits per heavy atom. The molecule has 4 heterocycles. The van der Waals surface area contributed by atoms with Gasteiger partial charge in [0.05, 0.1) is 16.6 Å². The van der Waals surface area contributed by atoms with E-state index in [1.54, 1.807) is 0 Å². The molecular formula is C45H53N3O2. The second kappa shape index (κ2) is 10.9. The van der Waals surface area contributed by atoms with Gasteiger partial charge in [0.2, 0.25) is 5.90 Å². The maximum absolute atomic E-state index is 6.93. The Labute approximate surface area is 298 Å². The number of ether oxygens (including phenoxy) is 2. The number of rotatable bonds is 4. The Morgan fingerprint density at radius 1 is 0.800 bits per heavy atom. The molecule has 3 aliphatic rings. The van der Waals surface area contributed by atoms with Crippen LogP contribution in [-0.2, 0) is 21.0 Å². The average Bonchev–Trinajstić information content (AvgIpc) is 3.79. The van der Waals surface area contributed by atoms with Gasteiger partial charge in [-0.05, 0) is 115 Å². The first-order valence-corrected chi connectivity index (χ1v) is 18.6. The van der Waals surface area contributed by atoms with Gasteiger partial charge in [0.25, 0.3) is 0 Å². The zero-order valence-corrected chi connectivity index (χ0v) is 32.0.